The first-order chi connectivity index (χ1) is 13.6. The molecule has 146 valence electrons. The number of nitrogens with zero attached hydrogens (tertiary/aromatic N) is 4. The zero-order valence-electron chi connectivity index (χ0n) is 16.0. The number of carbonyl (C=O) groups is 2. The summed E-state index contributed by atoms with van der Waals surface area (Å²) in [5.41, 5.74) is -0.128. The highest BCUT2D eigenvalue weighted by Crippen LogP contribution is 2.31. The molecule has 2 fully saturated rings. The summed E-state index contributed by atoms with van der Waals surface area (Å²) in [5, 5.41) is 2.95. The fraction of sp³-hybridized carbons (Fsp3) is 0.400. The number of piperazine rings is 1. The first kappa shape index (κ1) is 18.4. The van der Waals surface area contributed by atoms with E-state index in [2.05, 4.69) is 20.2 Å². The van der Waals surface area contributed by atoms with Crippen LogP contribution < -0.4 is 15.1 Å². The molecule has 8 heteroatoms. The van der Waals surface area contributed by atoms with Crippen molar-refractivity contribution in [2.45, 2.75) is 18.9 Å². The van der Waals surface area contributed by atoms with Crippen molar-refractivity contribution in [1.82, 2.24) is 20.2 Å². The molecule has 3 heterocycles. The van der Waals surface area contributed by atoms with Crippen LogP contribution in [0.3, 0.4) is 0 Å². The lowest BCUT2D eigenvalue weighted by Crippen LogP contribution is -3.16. The van der Waals surface area contributed by atoms with E-state index in [1.807, 2.05) is 37.3 Å². The van der Waals surface area contributed by atoms with Crippen molar-refractivity contribution in [2.75, 3.05) is 37.7 Å². The highest BCUT2D eigenvalue weighted by molar-refractivity contribution is 6.07. The molecular formula is C20H25N6O2+. The van der Waals surface area contributed by atoms with Crippen molar-refractivity contribution in [3.63, 3.8) is 0 Å². The predicted octanol–water partition coefficient (Wildman–Crippen LogP) is -0.00370. The normalized spacial score (nSPS) is 23.2. The minimum Gasteiger partial charge on any atom is -0.330 e. The molecule has 0 saturated carbocycles. The fourth-order valence-electron chi connectivity index (χ4n) is 3.99. The third-order valence-corrected chi connectivity index (χ3v) is 5.66. The quantitative estimate of drug-likeness (QED) is 0.713. The number of urea groups is 1. The molecule has 2 aromatic rings. The van der Waals surface area contributed by atoms with E-state index in [1.165, 1.54) is 9.80 Å². The highest BCUT2D eigenvalue weighted by Gasteiger charge is 2.52. The fourth-order valence-corrected chi connectivity index (χ4v) is 3.99. The number of imide groups is 1. The first-order valence-electron chi connectivity index (χ1n) is 9.69. The molecule has 0 radical (unpaired) electrons. The molecule has 4 rings (SSSR count). The molecule has 0 unspecified atom stereocenters. The number of benzene rings is 1. The van der Waals surface area contributed by atoms with Gasteiger partial charge in [0.05, 0.1) is 26.2 Å². The maximum absolute atomic E-state index is 13.2. The van der Waals surface area contributed by atoms with Crippen LogP contribution in [0.4, 0.5) is 10.7 Å². The lowest BCUT2D eigenvalue weighted by atomic mass is 9.87. The lowest BCUT2D eigenvalue weighted by molar-refractivity contribution is -0.907. The standard InChI is InChI=1S/C20H24N6O2/c1-2-20(16-7-4-3-5-8-16)17(27)26(19(28)23-20)15-24-11-13-25(14-12-24)18-21-9-6-10-22-18/h3-10H,2,11-15H2,1H3,(H,23,28)/p+1/t20-/m1/s1. The molecule has 2 aliphatic heterocycles. The van der Waals surface area contributed by atoms with Crippen LogP contribution in [-0.2, 0) is 10.3 Å². The van der Waals surface area contributed by atoms with Crippen molar-refractivity contribution in [3.8, 4) is 0 Å². The predicted molar refractivity (Wildman–Crippen MR) is 104 cm³/mol. The molecule has 3 amide bonds. The molecule has 28 heavy (non-hydrogen) atoms. The molecular weight excluding hydrogens is 356 g/mol. The minimum atomic E-state index is -0.961. The number of carbonyl (C=O) groups excluding carboxylic acids is 2. The molecule has 0 spiro atoms. The Labute approximate surface area is 164 Å². The summed E-state index contributed by atoms with van der Waals surface area (Å²) in [6.45, 7) is 5.53. The van der Waals surface area contributed by atoms with Gasteiger partial charge >= 0.3 is 6.03 Å². The second-order valence-electron chi connectivity index (χ2n) is 7.23. The van der Waals surface area contributed by atoms with E-state index in [0.717, 1.165) is 37.7 Å². The van der Waals surface area contributed by atoms with Gasteiger partial charge in [-0.2, -0.15) is 0 Å². The number of quaternary nitrogens is 1. The van der Waals surface area contributed by atoms with Gasteiger partial charge in [-0.1, -0.05) is 37.3 Å². The van der Waals surface area contributed by atoms with Gasteiger partial charge in [-0.25, -0.2) is 19.7 Å². The molecule has 0 aliphatic carbocycles. The number of rotatable bonds is 5. The summed E-state index contributed by atoms with van der Waals surface area (Å²) in [6, 6.07) is 11.0. The average Bonchev–Trinajstić information content (AvgIpc) is 3.00. The largest absolute Gasteiger partial charge is 0.330 e. The number of anilines is 1. The highest BCUT2D eigenvalue weighted by atomic mass is 16.2. The average molecular weight is 381 g/mol. The minimum absolute atomic E-state index is 0.160. The van der Waals surface area contributed by atoms with Crippen molar-refractivity contribution in [2.24, 2.45) is 0 Å². The molecule has 2 aliphatic rings. The Bertz CT molecular complexity index is 838. The second kappa shape index (κ2) is 7.55. The van der Waals surface area contributed by atoms with Gasteiger partial charge in [0.15, 0.2) is 6.67 Å². The van der Waals surface area contributed by atoms with Crippen LogP contribution in [0, 0.1) is 0 Å². The Hall–Kier alpha value is -3.00. The second-order valence-corrected chi connectivity index (χ2v) is 7.23. The van der Waals surface area contributed by atoms with E-state index in [-0.39, 0.29) is 11.9 Å². The molecule has 1 aromatic carbocycles. The van der Waals surface area contributed by atoms with Crippen molar-refractivity contribution in [3.05, 3.63) is 54.4 Å². The summed E-state index contributed by atoms with van der Waals surface area (Å²) in [7, 11) is 0. The number of hydrogen-bond acceptors (Lipinski definition) is 5. The van der Waals surface area contributed by atoms with E-state index >= 15 is 0 Å². The van der Waals surface area contributed by atoms with Crippen molar-refractivity contribution < 1.29 is 14.5 Å². The van der Waals surface area contributed by atoms with Crippen LogP contribution in [-0.4, -0.2) is 59.7 Å². The van der Waals surface area contributed by atoms with Gasteiger partial charge in [-0.15, -0.1) is 0 Å². The summed E-state index contributed by atoms with van der Waals surface area (Å²) in [4.78, 5) is 39.2. The van der Waals surface area contributed by atoms with E-state index < -0.39 is 5.54 Å². The monoisotopic (exact) mass is 381 g/mol. The van der Waals surface area contributed by atoms with Gasteiger partial charge in [0.25, 0.3) is 5.91 Å². The maximum atomic E-state index is 13.2. The Kier molecular flexibility index (Phi) is 4.95. The smallest absolute Gasteiger partial charge is 0.329 e. The number of nitrogens with one attached hydrogen (secondary N) is 2. The van der Waals surface area contributed by atoms with Gasteiger partial charge in [0.2, 0.25) is 5.95 Å². The Morgan fingerprint density at radius 1 is 1.07 bits per heavy atom. The van der Waals surface area contributed by atoms with E-state index in [1.54, 1.807) is 18.5 Å². The molecule has 0 bridgehead atoms. The maximum Gasteiger partial charge on any atom is 0.329 e. The van der Waals surface area contributed by atoms with Gasteiger partial charge < -0.3 is 15.1 Å². The van der Waals surface area contributed by atoms with Crippen LogP contribution in [0.1, 0.15) is 18.9 Å². The summed E-state index contributed by atoms with van der Waals surface area (Å²) in [5.74, 6) is 0.568. The summed E-state index contributed by atoms with van der Waals surface area (Å²) in [6.07, 6.45) is 4.00. The van der Waals surface area contributed by atoms with Gasteiger partial charge in [0, 0.05) is 12.4 Å². The van der Waals surface area contributed by atoms with Crippen LogP contribution >= 0.6 is 0 Å². The number of aromatic nitrogens is 2. The Morgan fingerprint density at radius 3 is 2.39 bits per heavy atom. The zero-order chi connectivity index (χ0) is 19.6. The lowest BCUT2D eigenvalue weighted by Gasteiger charge is -2.33. The van der Waals surface area contributed by atoms with Crippen LogP contribution in [0.5, 0.6) is 0 Å². The third-order valence-electron chi connectivity index (χ3n) is 5.66. The SMILES string of the molecule is CC[C@]1(c2ccccc2)NC(=O)N(C[NH+]2CCN(c3ncccn3)CC2)C1=O. The summed E-state index contributed by atoms with van der Waals surface area (Å²) < 4.78 is 0. The molecule has 1 atom stereocenters. The van der Waals surface area contributed by atoms with Gasteiger partial charge in [-0.05, 0) is 18.1 Å². The van der Waals surface area contributed by atoms with Crippen molar-refractivity contribution >= 4 is 17.9 Å². The number of amides is 3. The van der Waals surface area contributed by atoms with E-state index in [4.69, 9.17) is 0 Å². The first-order valence-corrected chi connectivity index (χ1v) is 9.69. The van der Waals surface area contributed by atoms with Gasteiger partial charge in [0.1, 0.15) is 5.54 Å². The third kappa shape index (κ3) is 3.20. The van der Waals surface area contributed by atoms with E-state index in [9.17, 15) is 9.59 Å². The Morgan fingerprint density at radius 2 is 1.75 bits per heavy atom. The van der Waals surface area contributed by atoms with Gasteiger partial charge in [-0.3, -0.25) is 4.79 Å². The molecule has 2 N–H and O–H groups in total. The number of hydrogen-bond donors (Lipinski definition) is 2. The van der Waals surface area contributed by atoms with Crippen LogP contribution in [0.2, 0.25) is 0 Å². The molecule has 1 aromatic heterocycles. The Balaban J connectivity index is 1.43. The van der Waals surface area contributed by atoms with Crippen LogP contribution in [0.25, 0.3) is 0 Å². The molecule has 2 saturated heterocycles. The zero-order valence-corrected chi connectivity index (χ0v) is 16.0. The summed E-state index contributed by atoms with van der Waals surface area (Å²) >= 11 is 0. The van der Waals surface area contributed by atoms with Crippen molar-refractivity contribution in [1.29, 1.82) is 0 Å². The van der Waals surface area contributed by atoms with E-state index in [0.29, 0.717) is 13.1 Å². The van der Waals surface area contributed by atoms with Crippen LogP contribution in [0.15, 0.2) is 48.8 Å². The molecule has 8 nitrogen and oxygen atoms in total. The topological polar surface area (TPSA) is 82.9 Å².